The van der Waals surface area contributed by atoms with Gasteiger partial charge in [0.15, 0.2) is 5.82 Å². The molecule has 7 heteroatoms. The average molecular weight is 133 g/mol. The molecule has 9 heavy (non-hydrogen) atoms. The van der Waals surface area contributed by atoms with E-state index in [0.717, 1.165) is 0 Å². The molecule has 7 nitrogen and oxygen atoms in total. The fourth-order valence-corrected chi connectivity index (χ4v) is 0.222. The molecule has 0 aliphatic carbocycles. The Kier molecular flexibility index (Phi) is 3.09. The van der Waals surface area contributed by atoms with Crippen molar-refractivity contribution in [3.8, 4) is 0 Å². The van der Waals surface area contributed by atoms with Crippen LogP contribution in [0.4, 0.5) is 0 Å². The average Bonchev–Trinajstić information content (AvgIpc) is 1.82. The van der Waals surface area contributed by atoms with Gasteiger partial charge < -0.3 is 10.9 Å². The highest BCUT2D eigenvalue weighted by Crippen LogP contribution is 1.76. The summed E-state index contributed by atoms with van der Waals surface area (Å²) in [5.41, 5.74) is 3.93. The second kappa shape index (κ2) is 3.64. The third kappa shape index (κ3) is 3.26. The zero-order valence-electron chi connectivity index (χ0n) is 4.50. The van der Waals surface area contributed by atoms with Crippen LogP contribution in [0.2, 0.25) is 0 Å². The lowest BCUT2D eigenvalue weighted by Gasteiger charge is -1.98. The molecular weight excluding hydrogens is 126 g/mol. The second-order valence-electron chi connectivity index (χ2n) is 1.12. The van der Waals surface area contributed by atoms with Crippen molar-refractivity contribution < 1.29 is 4.92 Å². The summed E-state index contributed by atoms with van der Waals surface area (Å²) in [6.45, 7) is 0. The van der Waals surface area contributed by atoms with Crippen LogP contribution in [0.3, 0.4) is 0 Å². The second-order valence-corrected chi connectivity index (χ2v) is 1.12. The normalized spacial score (nSPS) is 7.78. The molecule has 6 N–H and O–H groups in total. The van der Waals surface area contributed by atoms with E-state index in [4.69, 9.17) is 11.7 Å². The summed E-state index contributed by atoms with van der Waals surface area (Å²) >= 11 is 0. The van der Waals surface area contributed by atoms with Gasteiger partial charge in [-0.3, -0.25) is 10.1 Å². The Hall–Kier alpha value is -1.34. The van der Waals surface area contributed by atoms with Crippen LogP contribution in [0, 0.1) is 10.1 Å². The van der Waals surface area contributed by atoms with Gasteiger partial charge in [-0.1, -0.05) is 0 Å². The van der Waals surface area contributed by atoms with Gasteiger partial charge in [0.1, 0.15) is 0 Å². The van der Waals surface area contributed by atoms with Crippen molar-refractivity contribution in [2.24, 2.45) is 11.7 Å². The van der Waals surface area contributed by atoms with Gasteiger partial charge >= 0.3 is 0 Å². The van der Waals surface area contributed by atoms with Gasteiger partial charge in [0, 0.05) is 0 Å². The quantitative estimate of drug-likeness (QED) is 0.200. The van der Waals surface area contributed by atoms with E-state index in [9.17, 15) is 10.1 Å². The highest BCUT2D eigenvalue weighted by atomic mass is 16.6. The van der Waals surface area contributed by atoms with Crippen molar-refractivity contribution in [1.82, 2.24) is 10.9 Å². The molecular formula is C2H7N5O2. The summed E-state index contributed by atoms with van der Waals surface area (Å²) in [4.78, 5) is 8.98. The van der Waals surface area contributed by atoms with E-state index < -0.39 is 4.92 Å². The molecule has 0 aliphatic heterocycles. The van der Waals surface area contributed by atoms with Gasteiger partial charge in [0.05, 0.1) is 4.92 Å². The minimum absolute atomic E-state index is 0.0556. The molecule has 0 saturated heterocycles. The molecule has 0 heterocycles. The standard InChI is InChI=1S/C2H7N5O2/c3-5-2(6-4)1-7(8)9/h1,5-6H,3-4H2. The first-order chi connectivity index (χ1) is 4.20. The van der Waals surface area contributed by atoms with Crippen LogP contribution in [-0.4, -0.2) is 4.92 Å². The monoisotopic (exact) mass is 133 g/mol. The van der Waals surface area contributed by atoms with Crippen molar-refractivity contribution in [3.63, 3.8) is 0 Å². The summed E-state index contributed by atoms with van der Waals surface area (Å²) in [7, 11) is 0. The van der Waals surface area contributed by atoms with Gasteiger partial charge in [-0.2, -0.15) is 0 Å². The Morgan fingerprint density at radius 1 is 1.56 bits per heavy atom. The van der Waals surface area contributed by atoms with Crippen molar-refractivity contribution in [1.29, 1.82) is 0 Å². The smallest absolute Gasteiger partial charge is 0.276 e. The Labute approximate surface area is 50.8 Å². The van der Waals surface area contributed by atoms with Gasteiger partial charge in [-0.25, -0.2) is 11.7 Å². The highest BCUT2D eigenvalue weighted by Gasteiger charge is 1.94. The first-order valence-electron chi connectivity index (χ1n) is 1.99. The van der Waals surface area contributed by atoms with E-state index in [0.29, 0.717) is 6.20 Å². The Balaban J connectivity index is 3.91. The van der Waals surface area contributed by atoms with Crippen LogP contribution in [0.15, 0.2) is 12.0 Å². The number of rotatable bonds is 3. The SMILES string of the molecule is NNC(=C[N+](=O)[O-])NN. The number of nitrogens with one attached hydrogen (secondary N) is 2. The van der Waals surface area contributed by atoms with E-state index in [-0.39, 0.29) is 5.82 Å². The Bertz CT molecular complexity index is 125. The molecule has 0 saturated carbocycles. The molecule has 0 rings (SSSR count). The maximum atomic E-state index is 9.67. The fraction of sp³-hybridized carbons (Fsp3) is 0. The Morgan fingerprint density at radius 3 is 2.11 bits per heavy atom. The minimum atomic E-state index is -0.685. The van der Waals surface area contributed by atoms with Crippen LogP contribution < -0.4 is 22.5 Å². The van der Waals surface area contributed by atoms with Gasteiger partial charge in [0.2, 0.25) is 0 Å². The first-order valence-corrected chi connectivity index (χ1v) is 1.99. The molecule has 0 aromatic rings. The topological polar surface area (TPSA) is 119 Å². The van der Waals surface area contributed by atoms with E-state index in [1.54, 1.807) is 0 Å². The fourth-order valence-electron chi connectivity index (χ4n) is 0.222. The van der Waals surface area contributed by atoms with E-state index >= 15 is 0 Å². The van der Waals surface area contributed by atoms with Crippen molar-refractivity contribution in [2.75, 3.05) is 0 Å². The Morgan fingerprint density at radius 2 is 2.00 bits per heavy atom. The van der Waals surface area contributed by atoms with Crippen LogP contribution in [0.1, 0.15) is 0 Å². The maximum absolute atomic E-state index is 9.67. The highest BCUT2D eigenvalue weighted by molar-refractivity contribution is 4.86. The molecule has 0 fully saturated rings. The van der Waals surface area contributed by atoms with Gasteiger partial charge in [-0.05, 0) is 0 Å². The third-order valence-electron chi connectivity index (χ3n) is 0.546. The maximum Gasteiger partial charge on any atom is 0.276 e. The number of hydrazine groups is 2. The van der Waals surface area contributed by atoms with Crippen LogP contribution in [0.25, 0.3) is 0 Å². The van der Waals surface area contributed by atoms with E-state index in [2.05, 4.69) is 0 Å². The minimum Gasteiger partial charge on any atom is -0.304 e. The van der Waals surface area contributed by atoms with Gasteiger partial charge in [0.25, 0.3) is 6.20 Å². The summed E-state index contributed by atoms with van der Waals surface area (Å²) in [5.74, 6) is 9.48. The zero-order valence-corrected chi connectivity index (χ0v) is 4.50. The molecule has 0 aromatic heterocycles. The predicted octanol–water partition coefficient (Wildman–Crippen LogP) is -2.01. The molecule has 0 unspecified atom stereocenters. The summed E-state index contributed by atoms with van der Waals surface area (Å²) in [6.07, 6.45) is 0.611. The molecule has 0 aromatic carbocycles. The predicted molar refractivity (Wildman–Crippen MR) is 29.7 cm³/mol. The molecule has 0 spiro atoms. The third-order valence-corrected chi connectivity index (χ3v) is 0.546. The number of nitro groups is 1. The van der Waals surface area contributed by atoms with Crippen molar-refractivity contribution >= 4 is 0 Å². The van der Waals surface area contributed by atoms with Crippen LogP contribution >= 0.6 is 0 Å². The van der Waals surface area contributed by atoms with E-state index in [1.807, 2.05) is 10.9 Å². The molecule has 0 amide bonds. The molecule has 0 atom stereocenters. The first kappa shape index (κ1) is 7.66. The molecule has 0 aliphatic rings. The van der Waals surface area contributed by atoms with E-state index in [1.165, 1.54) is 0 Å². The zero-order chi connectivity index (χ0) is 7.28. The summed E-state index contributed by atoms with van der Waals surface area (Å²) in [6, 6.07) is 0. The lowest BCUT2D eigenvalue weighted by molar-refractivity contribution is -0.404. The lowest BCUT2D eigenvalue weighted by Crippen LogP contribution is -2.35. The number of nitrogens with zero attached hydrogens (tertiary/aromatic N) is 1. The number of nitrogens with two attached hydrogens (primary N) is 2. The van der Waals surface area contributed by atoms with Crippen LogP contribution in [0.5, 0.6) is 0 Å². The van der Waals surface area contributed by atoms with Crippen molar-refractivity contribution in [2.45, 2.75) is 0 Å². The molecule has 52 valence electrons. The summed E-state index contributed by atoms with van der Waals surface area (Å²) < 4.78 is 0. The van der Waals surface area contributed by atoms with Crippen LogP contribution in [-0.2, 0) is 0 Å². The number of hydrogen-bond donors (Lipinski definition) is 4. The molecule has 0 radical (unpaired) electrons. The largest absolute Gasteiger partial charge is 0.304 e. The molecule has 0 bridgehead atoms. The lowest BCUT2D eigenvalue weighted by atomic mass is 10.8. The van der Waals surface area contributed by atoms with Crippen molar-refractivity contribution in [3.05, 3.63) is 22.1 Å². The number of hydrogen-bond acceptors (Lipinski definition) is 6. The summed E-state index contributed by atoms with van der Waals surface area (Å²) in [5, 5.41) is 9.67. The van der Waals surface area contributed by atoms with Gasteiger partial charge in [-0.15, -0.1) is 0 Å².